The van der Waals surface area contributed by atoms with Crippen LogP contribution in [0.1, 0.15) is 31.1 Å². The molecule has 0 unspecified atom stereocenters. The highest BCUT2D eigenvalue weighted by Crippen LogP contribution is 2.29. The third-order valence-electron chi connectivity index (χ3n) is 3.84. The van der Waals surface area contributed by atoms with Crippen LogP contribution in [0, 0.1) is 0 Å². The lowest BCUT2D eigenvalue weighted by molar-refractivity contribution is 0.0635. The summed E-state index contributed by atoms with van der Waals surface area (Å²) in [6, 6.07) is 11.8. The molecule has 0 saturated carbocycles. The minimum absolute atomic E-state index is 0.360. The van der Waals surface area contributed by atoms with Gasteiger partial charge in [0.15, 0.2) is 0 Å². The van der Waals surface area contributed by atoms with E-state index in [-0.39, 0.29) is 5.91 Å². The molecule has 2 N–H and O–H groups in total. The Bertz CT molecular complexity index is 1040. The van der Waals surface area contributed by atoms with Gasteiger partial charge in [0.2, 0.25) is 0 Å². The van der Waals surface area contributed by atoms with E-state index in [9.17, 15) is 9.59 Å². The van der Waals surface area contributed by atoms with Gasteiger partial charge in [-0.25, -0.2) is 4.79 Å². The second-order valence-corrected chi connectivity index (χ2v) is 7.27. The van der Waals surface area contributed by atoms with Gasteiger partial charge in [-0.2, -0.15) is 4.68 Å². The zero-order valence-corrected chi connectivity index (χ0v) is 17.0. The van der Waals surface area contributed by atoms with Crippen molar-refractivity contribution in [2.45, 2.75) is 26.4 Å². The van der Waals surface area contributed by atoms with Crippen molar-refractivity contribution in [1.29, 1.82) is 0 Å². The van der Waals surface area contributed by atoms with Crippen LogP contribution >= 0.6 is 0 Å². The van der Waals surface area contributed by atoms with Gasteiger partial charge in [0.25, 0.3) is 5.91 Å². The van der Waals surface area contributed by atoms with E-state index >= 15 is 0 Å². The molecular formula is C20H22N6O4. The molecule has 1 heterocycles. The quantitative estimate of drug-likeness (QED) is 0.662. The summed E-state index contributed by atoms with van der Waals surface area (Å²) < 4.78 is 12.0. The maximum Gasteiger partial charge on any atom is 0.412 e. The minimum atomic E-state index is -0.650. The smallest absolute Gasteiger partial charge is 0.412 e. The lowest BCUT2D eigenvalue weighted by Crippen LogP contribution is -2.27. The van der Waals surface area contributed by atoms with E-state index in [2.05, 4.69) is 26.2 Å². The number of benzene rings is 2. The third kappa shape index (κ3) is 5.10. The van der Waals surface area contributed by atoms with Gasteiger partial charge in [0.1, 0.15) is 17.7 Å². The average molecular weight is 410 g/mol. The molecule has 3 aromatic rings. The summed E-state index contributed by atoms with van der Waals surface area (Å²) in [5, 5.41) is 16.5. The summed E-state index contributed by atoms with van der Waals surface area (Å²) in [5.41, 5.74) is 1.07. The number of anilines is 2. The molecule has 10 nitrogen and oxygen atoms in total. The predicted octanol–water partition coefficient (Wildman–Crippen LogP) is 3.27. The first kappa shape index (κ1) is 20.8. The molecule has 0 spiro atoms. The molecule has 10 heteroatoms. The van der Waals surface area contributed by atoms with Gasteiger partial charge in [0, 0.05) is 5.69 Å². The summed E-state index contributed by atoms with van der Waals surface area (Å²) in [4.78, 5) is 25.0. The van der Waals surface area contributed by atoms with E-state index in [0.717, 1.165) is 0 Å². The molecule has 0 aliphatic heterocycles. The fraction of sp³-hybridized carbons (Fsp3) is 0.250. The highest BCUT2D eigenvalue weighted by atomic mass is 16.6. The lowest BCUT2D eigenvalue weighted by atomic mass is 10.1. The van der Waals surface area contributed by atoms with E-state index < -0.39 is 11.7 Å². The van der Waals surface area contributed by atoms with Crippen molar-refractivity contribution in [3.8, 4) is 11.4 Å². The number of hydrogen-bond donors (Lipinski definition) is 2. The summed E-state index contributed by atoms with van der Waals surface area (Å²) in [7, 11) is 1.48. The van der Waals surface area contributed by atoms with Crippen molar-refractivity contribution in [3.63, 3.8) is 0 Å². The van der Waals surface area contributed by atoms with Crippen LogP contribution in [-0.4, -0.2) is 44.9 Å². The fourth-order valence-electron chi connectivity index (χ4n) is 2.63. The molecule has 1 aromatic heterocycles. The van der Waals surface area contributed by atoms with Crippen LogP contribution in [0.25, 0.3) is 5.69 Å². The van der Waals surface area contributed by atoms with Gasteiger partial charge < -0.3 is 14.8 Å². The Morgan fingerprint density at radius 3 is 2.50 bits per heavy atom. The number of tetrazole rings is 1. The zero-order chi connectivity index (χ0) is 21.7. The second-order valence-electron chi connectivity index (χ2n) is 7.27. The first-order valence-corrected chi connectivity index (χ1v) is 9.08. The van der Waals surface area contributed by atoms with Crippen molar-refractivity contribution in [2.24, 2.45) is 0 Å². The van der Waals surface area contributed by atoms with Gasteiger partial charge in [-0.1, -0.05) is 12.1 Å². The maximum absolute atomic E-state index is 12.9. The molecule has 0 bridgehead atoms. The standard InChI is InChI=1S/C20H22N6O4/c1-20(2,3)30-19(28)23-15-11-13(9-10-17(15)29-4)22-18(27)14-7-5-6-8-16(14)26-12-21-24-25-26/h5-12H,1-4H3,(H,22,27)(H,23,28). The molecule has 2 aromatic carbocycles. The molecule has 0 saturated heterocycles. The first-order chi connectivity index (χ1) is 14.3. The molecular weight excluding hydrogens is 388 g/mol. The normalized spacial score (nSPS) is 10.9. The molecule has 3 rings (SSSR count). The number of rotatable bonds is 5. The van der Waals surface area contributed by atoms with E-state index in [4.69, 9.17) is 9.47 Å². The molecule has 0 aliphatic rings. The first-order valence-electron chi connectivity index (χ1n) is 9.08. The summed E-state index contributed by atoms with van der Waals surface area (Å²) in [6.45, 7) is 5.30. The Labute approximate surface area is 173 Å². The van der Waals surface area contributed by atoms with E-state index in [1.807, 2.05) is 0 Å². The Balaban J connectivity index is 1.82. The van der Waals surface area contributed by atoms with Crippen LogP contribution in [0.2, 0.25) is 0 Å². The topological polar surface area (TPSA) is 120 Å². The van der Waals surface area contributed by atoms with Crippen molar-refractivity contribution >= 4 is 23.4 Å². The maximum atomic E-state index is 12.9. The number of amides is 2. The third-order valence-corrected chi connectivity index (χ3v) is 3.84. The number of nitrogens with one attached hydrogen (secondary N) is 2. The summed E-state index contributed by atoms with van der Waals surface area (Å²) in [6.07, 6.45) is 0.774. The Morgan fingerprint density at radius 2 is 1.83 bits per heavy atom. The highest BCUT2D eigenvalue weighted by molar-refractivity contribution is 6.07. The Morgan fingerprint density at radius 1 is 1.07 bits per heavy atom. The van der Waals surface area contributed by atoms with E-state index in [1.165, 1.54) is 18.1 Å². The number of para-hydroxylation sites is 1. The highest BCUT2D eigenvalue weighted by Gasteiger charge is 2.19. The van der Waals surface area contributed by atoms with Crippen LogP contribution in [-0.2, 0) is 4.74 Å². The van der Waals surface area contributed by atoms with Crippen molar-refractivity contribution in [3.05, 3.63) is 54.4 Å². The molecule has 0 fully saturated rings. The van der Waals surface area contributed by atoms with Gasteiger partial charge in [-0.05, 0) is 61.5 Å². The van der Waals surface area contributed by atoms with Gasteiger partial charge in [0.05, 0.1) is 24.0 Å². The largest absolute Gasteiger partial charge is 0.495 e. The van der Waals surface area contributed by atoms with Gasteiger partial charge >= 0.3 is 6.09 Å². The van der Waals surface area contributed by atoms with E-state index in [1.54, 1.807) is 63.2 Å². The van der Waals surface area contributed by atoms with Crippen LogP contribution < -0.4 is 15.4 Å². The second kappa shape index (κ2) is 8.60. The Hall–Kier alpha value is -3.95. The van der Waals surface area contributed by atoms with Crippen molar-refractivity contribution in [2.75, 3.05) is 17.7 Å². The van der Waals surface area contributed by atoms with E-state index in [0.29, 0.717) is 28.4 Å². The molecule has 156 valence electrons. The van der Waals surface area contributed by atoms with Gasteiger partial charge in [-0.3, -0.25) is 10.1 Å². The number of nitrogens with zero attached hydrogens (tertiary/aromatic N) is 4. The SMILES string of the molecule is COc1ccc(NC(=O)c2ccccc2-n2cnnn2)cc1NC(=O)OC(C)(C)C. The van der Waals surface area contributed by atoms with Crippen LogP contribution in [0.3, 0.4) is 0 Å². The summed E-state index contributed by atoms with van der Waals surface area (Å²) >= 11 is 0. The van der Waals surface area contributed by atoms with Crippen molar-refractivity contribution < 1.29 is 19.1 Å². The molecule has 0 aliphatic carbocycles. The molecule has 30 heavy (non-hydrogen) atoms. The number of hydrogen-bond acceptors (Lipinski definition) is 7. The zero-order valence-electron chi connectivity index (χ0n) is 17.0. The molecule has 0 atom stereocenters. The minimum Gasteiger partial charge on any atom is -0.495 e. The molecule has 0 radical (unpaired) electrons. The predicted molar refractivity (Wildman–Crippen MR) is 110 cm³/mol. The average Bonchev–Trinajstić information content (AvgIpc) is 3.21. The van der Waals surface area contributed by atoms with Crippen molar-refractivity contribution in [1.82, 2.24) is 20.2 Å². The fourth-order valence-corrected chi connectivity index (χ4v) is 2.63. The molecule has 2 amide bonds. The van der Waals surface area contributed by atoms with Crippen LogP contribution in [0.15, 0.2) is 48.8 Å². The summed E-state index contributed by atoms with van der Waals surface area (Å²) in [5.74, 6) is 0.0578. The van der Waals surface area contributed by atoms with Gasteiger partial charge in [-0.15, -0.1) is 5.10 Å². The number of ether oxygens (including phenoxy) is 2. The van der Waals surface area contributed by atoms with Crippen LogP contribution in [0.4, 0.5) is 16.2 Å². The lowest BCUT2D eigenvalue weighted by Gasteiger charge is -2.20. The number of methoxy groups -OCH3 is 1. The number of aromatic nitrogens is 4. The van der Waals surface area contributed by atoms with Crippen LogP contribution in [0.5, 0.6) is 5.75 Å². The monoisotopic (exact) mass is 410 g/mol. The Kier molecular flexibility index (Phi) is 5.95. The number of carbonyl (C=O) groups is 2. The number of carbonyl (C=O) groups excluding carboxylic acids is 2.